The molecule has 2 fully saturated rings. The van der Waals surface area contributed by atoms with E-state index in [1.54, 1.807) is 7.11 Å². The molecule has 158 valence electrons. The predicted molar refractivity (Wildman–Crippen MR) is 114 cm³/mol. The molecule has 4 atom stereocenters. The number of benzene rings is 1. The zero-order valence-electron chi connectivity index (χ0n) is 17.4. The van der Waals surface area contributed by atoms with Crippen molar-refractivity contribution in [2.24, 2.45) is 0 Å². The van der Waals surface area contributed by atoms with Crippen LogP contribution in [0.5, 0.6) is 11.5 Å². The van der Waals surface area contributed by atoms with Crippen molar-refractivity contribution in [1.82, 2.24) is 4.90 Å². The van der Waals surface area contributed by atoms with Crippen LogP contribution in [0, 0.1) is 0 Å². The molecule has 2 heterocycles. The number of carbonyl (C=O) groups excluding carboxylic acids is 1. The Morgan fingerprint density at radius 2 is 2.21 bits per heavy atom. The highest BCUT2D eigenvalue weighted by molar-refractivity contribution is 7.99. The number of nitrogens with zero attached hydrogens (tertiary/aromatic N) is 1. The van der Waals surface area contributed by atoms with Gasteiger partial charge in [-0.15, -0.1) is 0 Å². The van der Waals surface area contributed by atoms with Crippen LogP contribution in [0.1, 0.15) is 50.2 Å². The third-order valence-corrected chi connectivity index (χ3v) is 8.93. The van der Waals surface area contributed by atoms with Gasteiger partial charge in [0.15, 0.2) is 23.4 Å². The van der Waals surface area contributed by atoms with Crippen LogP contribution in [0.15, 0.2) is 12.1 Å². The maximum atomic E-state index is 12.9. The van der Waals surface area contributed by atoms with Crippen LogP contribution in [0.3, 0.4) is 0 Å². The number of ether oxygens (including phenoxy) is 2. The number of Topliss-reactive ketones (excluding diaryl/α,β-unsaturated/α-hetero) is 1. The van der Waals surface area contributed by atoms with Gasteiger partial charge in [-0.25, -0.2) is 0 Å². The molecule has 1 aromatic carbocycles. The summed E-state index contributed by atoms with van der Waals surface area (Å²) < 4.78 is 11.8. The molecule has 4 aliphatic rings. The Hall–Kier alpha value is -1.24. The summed E-state index contributed by atoms with van der Waals surface area (Å²) >= 11 is 2.02. The van der Waals surface area contributed by atoms with E-state index in [1.807, 2.05) is 17.8 Å². The van der Waals surface area contributed by atoms with Crippen molar-refractivity contribution in [3.05, 3.63) is 23.3 Å². The van der Waals surface area contributed by atoms with Crippen LogP contribution >= 0.6 is 11.8 Å². The second kappa shape index (κ2) is 7.17. The summed E-state index contributed by atoms with van der Waals surface area (Å²) in [5.74, 6) is 3.89. The normalized spacial score (nSPS) is 34.7. The Kier molecular flexibility index (Phi) is 4.87. The van der Waals surface area contributed by atoms with E-state index in [0.717, 1.165) is 37.9 Å². The minimum Gasteiger partial charge on any atom is -0.493 e. The Bertz CT molecular complexity index is 829. The smallest absolute Gasteiger partial charge is 0.174 e. The molecule has 29 heavy (non-hydrogen) atoms. The lowest BCUT2D eigenvalue weighted by molar-refractivity contribution is -0.188. The topological polar surface area (TPSA) is 59.0 Å². The quantitative estimate of drug-likeness (QED) is 0.689. The summed E-state index contributed by atoms with van der Waals surface area (Å²) in [4.78, 5) is 15.4. The second-order valence-corrected chi connectivity index (χ2v) is 10.2. The Labute approximate surface area is 177 Å². The zero-order valence-corrected chi connectivity index (χ0v) is 18.2. The summed E-state index contributed by atoms with van der Waals surface area (Å²) in [5, 5.41) is 12.2. The highest BCUT2D eigenvalue weighted by Crippen LogP contribution is 2.64. The third-order valence-electron chi connectivity index (χ3n) is 7.66. The number of likely N-dealkylation sites (tertiary alicyclic amines) is 1. The van der Waals surface area contributed by atoms with E-state index in [-0.39, 0.29) is 11.8 Å². The molecule has 0 radical (unpaired) electrons. The molecule has 5 rings (SSSR count). The first-order valence-electron chi connectivity index (χ1n) is 11.0. The van der Waals surface area contributed by atoms with Crippen LogP contribution in [0.2, 0.25) is 0 Å². The molecule has 1 spiro atoms. The number of methoxy groups -OCH3 is 1. The lowest BCUT2D eigenvalue weighted by atomic mass is 9.49. The number of piperidine rings is 1. The highest BCUT2D eigenvalue weighted by Gasteiger charge is 2.73. The maximum Gasteiger partial charge on any atom is 0.174 e. The van der Waals surface area contributed by atoms with Crippen LogP contribution < -0.4 is 9.47 Å². The van der Waals surface area contributed by atoms with Crippen molar-refractivity contribution >= 4 is 17.5 Å². The van der Waals surface area contributed by atoms with E-state index < -0.39 is 17.1 Å². The van der Waals surface area contributed by atoms with Gasteiger partial charge in [0.25, 0.3) is 0 Å². The van der Waals surface area contributed by atoms with Crippen LogP contribution in [-0.4, -0.2) is 65.2 Å². The molecule has 1 N–H and O–H groups in total. The van der Waals surface area contributed by atoms with Crippen molar-refractivity contribution in [2.45, 2.75) is 68.6 Å². The first-order valence-corrected chi connectivity index (χ1v) is 12.2. The molecular formula is C23H31NO4S. The molecule has 1 saturated heterocycles. The average Bonchev–Trinajstić information content (AvgIpc) is 3.07. The molecular weight excluding hydrogens is 386 g/mol. The van der Waals surface area contributed by atoms with E-state index in [9.17, 15) is 9.90 Å². The van der Waals surface area contributed by atoms with Gasteiger partial charge in [0.2, 0.25) is 0 Å². The van der Waals surface area contributed by atoms with Crippen LogP contribution in [-0.2, 0) is 16.6 Å². The molecule has 0 amide bonds. The Morgan fingerprint density at radius 1 is 1.34 bits per heavy atom. The van der Waals surface area contributed by atoms with Crippen molar-refractivity contribution in [1.29, 1.82) is 0 Å². The van der Waals surface area contributed by atoms with Gasteiger partial charge >= 0.3 is 0 Å². The molecule has 2 bridgehead atoms. The maximum absolute atomic E-state index is 12.9. The number of hydrogen-bond acceptors (Lipinski definition) is 6. The van der Waals surface area contributed by atoms with Gasteiger partial charge in [-0.3, -0.25) is 9.69 Å². The van der Waals surface area contributed by atoms with Gasteiger partial charge in [0, 0.05) is 18.0 Å². The monoisotopic (exact) mass is 417 g/mol. The first kappa shape index (κ1) is 19.7. The highest BCUT2D eigenvalue weighted by atomic mass is 32.2. The van der Waals surface area contributed by atoms with E-state index in [4.69, 9.17) is 9.47 Å². The van der Waals surface area contributed by atoms with Gasteiger partial charge in [-0.1, -0.05) is 13.0 Å². The lowest BCUT2D eigenvalue weighted by Gasteiger charge is -2.62. The van der Waals surface area contributed by atoms with Gasteiger partial charge in [-0.2, -0.15) is 11.8 Å². The van der Waals surface area contributed by atoms with Crippen molar-refractivity contribution in [3.63, 3.8) is 0 Å². The third kappa shape index (κ3) is 2.58. The number of hydrogen-bond donors (Lipinski definition) is 1. The lowest BCUT2D eigenvalue weighted by Crippen LogP contribution is -2.76. The van der Waals surface area contributed by atoms with Crippen molar-refractivity contribution < 1.29 is 19.4 Å². The van der Waals surface area contributed by atoms with E-state index in [2.05, 4.69) is 17.9 Å². The molecule has 0 aromatic heterocycles. The van der Waals surface area contributed by atoms with E-state index >= 15 is 0 Å². The number of rotatable bonds is 7. The predicted octanol–water partition coefficient (Wildman–Crippen LogP) is 2.95. The minimum absolute atomic E-state index is 0.0541. The van der Waals surface area contributed by atoms with Crippen LogP contribution in [0.25, 0.3) is 0 Å². The summed E-state index contributed by atoms with van der Waals surface area (Å²) in [5.41, 5.74) is 0.757. The largest absolute Gasteiger partial charge is 0.493 e. The fraction of sp³-hybridized carbons (Fsp3) is 0.696. The molecule has 0 unspecified atom stereocenters. The SMILES string of the molecule is CCCSCCCN1CC[C@]23c4c5ccc(OC)c4O[C@H]2C(=O)CC[C@@]3(O)[C@H]1C5. The molecule has 1 saturated carbocycles. The Morgan fingerprint density at radius 3 is 3.00 bits per heavy atom. The van der Waals surface area contributed by atoms with Gasteiger partial charge in [0.1, 0.15) is 0 Å². The van der Waals surface area contributed by atoms with Gasteiger partial charge in [0.05, 0.1) is 18.1 Å². The molecule has 1 aromatic rings. The van der Waals surface area contributed by atoms with Gasteiger partial charge < -0.3 is 14.6 Å². The molecule has 5 nitrogen and oxygen atoms in total. The fourth-order valence-corrected chi connectivity index (χ4v) is 7.27. The summed E-state index contributed by atoms with van der Waals surface area (Å²) in [6, 6.07) is 4.13. The Balaban J connectivity index is 1.52. The minimum atomic E-state index is -0.912. The summed E-state index contributed by atoms with van der Waals surface area (Å²) in [6.07, 6.45) is 4.30. The number of carbonyl (C=O) groups is 1. The van der Waals surface area contributed by atoms with Crippen LogP contribution in [0.4, 0.5) is 0 Å². The van der Waals surface area contributed by atoms with Crippen molar-refractivity contribution in [3.8, 4) is 11.5 Å². The second-order valence-electron chi connectivity index (χ2n) is 8.96. The summed E-state index contributed by atoms with van der Waals surface area (Å²) in [6.45, 7) is 4.14. The van der Waals surface area contributed by atoms with Gasteiger partial charge in [-0.05, 0) is 68.3 Å². The molecule has 6 heteroatoms. The van der Waals surface area contributed by atoms with Crippen molar-refractivity contribution in [2.75, 3.05) is 31.7 Å². The number of thioether (sulfide) groups is 1. The summed E-state index contributed by atoms with van der Waals surface area (Å²) in [7, 11) is 1.64. The number of aliphatic hydroxyl groups is 1. The first-order chi connectivity index (χ1) is 14.1. The number of ketones is 1. The molecule has 2 aliphatic carbocycles. The average molecular weight is 418 g/mol. The molecule has 2 aliphatic heterocycles. The van der Waals surface area contributed by atoms with E-state index in [0.29, 0.717) is 24.3 Å². The zero-order chi connectivity index (χ0) is 20.2. The standard InChI is InChI=1S/C23H31NO4S/c1-3-12-29-13-4-10-24-11-9-22-19-15-5-6-17(27-2)20(19)28-21(22)16(25)7-8-23(22,26)18(24)14-15/h5-6,18,21,26H,3-4,7-14H2,1-2H3/t18-,21+,22+,23-/m1/s1. The fourth-order valence-electron chi connectivity index (χ4n) is 6.45. The van der Waals surface area contributed by atoms with E-state index in [1.165, 1.54) is 23.5 Å².